The summed E-state index contributed by atoms with van der Waals surface area (Å²) >= 11 is 0. The van der Waals surface area contributed by atoms with Gasteiger partial charge in [-0.25, -0.2) is 4.98 Å². The molecule has 1 fully saturated rings. The van der Waals surface area contributed by atoms with Gasteiger partial charge in [0.05, 0.1) is 12.2 Å². The van der Waals surface area contributed by atoms with Crippen LogP contribution in [0.15, 0.2) is 12.4 Å². The van der Waals surface area contributed by atoms with Crippen molar-refractivity contribution in [3.63, 3.8) is 0 Å². The van der Waals surface area contributed by atoms with E-state index in [0.717, 1.165) is 31.7 Å². The number of rotatable bonds is 5. The van der Waals surface area contributed by atoms with Crippen LogP contribution >= 0.6 is 0 Å². The minimum Gasteiger partial charge on any atom is -0.373 e. The van der Waals surface area contributed by atoms with Crippen molar-refractivity contribution in [1.29, 1.82) is 0 Å². The van der Waals surface area contributed by atoms with Gasteiger partial charge in [-0.05, 0) is 12.8 Å². The maximum Gasteiger partial charge on any atom is 0.110 e. The number of ether oxygens (including phenoxy) is 1. The molecule has 1 saturated carbocycles. The first kappa shape index (κ1) is 11.6. The first-order valence-corrected chi connectivity index (χ1v) is 6.06. The van der Waals surface area contributed by atoms with Gasteiger partial charge in [-0.15, -0.1) is 0 Å². The molecule has 1 aromatic rings. The monoisotopic (exact) mass is 223 g/mol. The highest BCUT2D eigenvalue weighted by Crippen LogP contribution is 2.32. The zero-order valence-electron chi connectivity index (χ0n) is 9.98. The molecule has 4 nitrogen and oxygen atoms in total. The van der Waals surface area contributed by atoms with Gasteiger partial charge in [-0.1, -0.05) is 12.8 Å². The Morgan fingerprint density at radius 1 is 1.50 bits per heavy atom. The van der Waals surface area contributed by atoms with Crippen molar-refractivity contribution in [2.45, 2.75) is 37.7 Å². The Labute approximate surface area is 96.8 Å². The van der Waals surface area contributed by atoms with E-state index in [1.165, 1.54) is 12.8 Å². The SMILES string of the molecule is Cn1ccnc1CCOC1(CN)CCCC1. The Balaban J connectivity index is 1.81. The van der Waals surface area contributed by atoms with E-state index in [-0.39, 0.29) is 5.60 Å². The average Bonchev–Trinajstić information content (AvgIpc) is 2.90. The second kappa shape index (κ2) is 4.97. The summed E-state index contributed by atoms with van der Waals surface area (Å²) in [7, 11) is 2.01. The zero-order valence-corrected chi connectivity index (χ0v) is 9.98. The lowest BCUT2D eigenvalue weighted by molar-refractivity contribution is -0.0326. The number of aryl methyl sites for hydroxylation is 1. The van der Waals surface area contributed by atoms with Crippen LogP contribution in [0.3, 0.4) is 0 Å². The number of aromatic nitrogens is 2. The van der Waals surface area contributed by atoms with Gasteiger partial charge in [0, 0.05) is 32.4 Å². The van der Waals surface area contributed by atoms with E-state index in [9.17, 15) is 0 Å². The van der Waals surface area contributed by atoms with Crippen molar-refractivity contribution in [2.75, 3.05) is 13.2 Å². The Morgan fingerprint density at radius 3 is 2.81 bits per heavy atom. The molecule has 1 aliphatic rings. The quantitative estimate of drug-likeness (QED) is 0.817. The van der Waals surface area contributed by atoms with Crippen LogP contribution in [0.5, 0.6) is 0 Å². The zero-order chi connectivity index (χ0) is 11.4. The van der Waals surface area contributed by atoms with E-state index in [2.05, 4.69) is 4.98 Å². The van der Waals surface area contributed by atoms with Crippen LogP contribution < -0.4 is 5.73 Å². The summed E-state index contributed by atoms with van der Waals surface area (Å²) in [5.74, 6) is 1.07. The molecule has 0 bridgehead atoms. The molecule has 0 radical (unpaired) electrons. The normalized spacial score (nSPS) is 19.1. The predicted octanol–water partition coefficient (Wildman–Crippen LogP) is 1.25. The molecular formula is C12H21N3O. The van der Waals surface area contributed by atoms with E-state index in [1.807, 2.05) is 24.0 Å². The molecule has 0 saturated heterocycles. The lowest BCUT2D eigenvalue weighted by Crippen LogP contribution is -2.38. The minimum absolute atomic E-state index is 0.0365. The van der Waals surface area contributed by atoms with E-state index in [1.54, 1.807) is 0 Å². The molecule has 1 aliphatic carbocycles. The van der Waals surface area contributed by atoms with E-state index in [0.29, 0.717) is 6.54 Å². The van der Waals surface area contributed by atoms with Crippen molar-refractivity contribution in [3.8, 4) is 0 Å². The van der Waals surface area contributed by atoms with Crippen molar-refractivity contribution in [3.05, 3.63) is 18.2 Å². The van der Waals surface area contributed by atoms with Gasteiger partial charge in [-0.3, -0.25) is 0 Å². The molecule has 4 heteroatoms. The topological polar surface area (TPSA) is 53.1 Å². The lowest BCUT2D eigenvalue weighted by atomic mass is 10.0. The molecule has 0 aromatic carbocycles. The molecule has 0 amide bonds. The lowest BCUT2D eigenvalue weighted by Gasteiger charge is -2.27. The van der Waals surface area contributed by atoms with Crippen molar-refractivity contribution in [2.24, 2.45) is 12.8 Å². The van der Waals surface area contributed by atoms with Gasteiger partial charge >= 0.3 is 0 Å². The molecule has 16 heavy (non-hydrogen) atoms. The Morgan fingerprint density at radius 2 is 2.25 bits per heavy atom. The first-order chi connectivity index (χ1) is 7.76. The molecule has 0 atom stereocenters. The molecule has 0 aliphatic heterocycles. The van der Waals surface area contributed by atoms with Gasteiger partial charge in [0.1, 0.15) is 5.82 Å². The van der Waals surface area contributed by atoms with Gasteiger partial charge < -0.3 is 15.0 Å². The number of nitrogens with two attached hydrogens (primary N) is 1. The molecular weight excluding hydrogens is 202 g/mol. The summed E-state index contributed by atoms with van der Waals surface area (Å²) in [6.07, 6.45) is 9.38. The Hall–Kier alpha value is -0.870. The van der Waals surface area contributed by atoms with Gasteiger partial charge in [0.15, 0.2) is 0 Å². The molecule has 2 N–H and O–H groups in total. The molecule has 1 heterocycles. The van der Waals surface area contributed by atoms with Crippen LogP contribution in [-0.4, -0.2) is 28.3 Å². The highest BCUT2D eigenvalue weighted by molar-refractivity contribution is 4.92. The van der Waals surface area contributed by atoms with E-state index < -0.39 is 0 Å². The van der Waals surface area contributed by atoms with E-state index in [4.69, 9.17) is 10.5 Å². The Kier molecular flexibility index (Phi) is 3.61. The number of imidazole rings is 1. The summed E-state index contributed by atoms with van der Waals surface area (Å²) in [5.41, 5.74) is 5.78. The van der Waals surface area contributed by atoms with Crippen LogP contribution in [0.1, 0.15) is 31.5 Å². The van der Waals surface area contributed by atoms with Crippen LogP contribution in [-0.2, 0) is 18.2 Å². The van der Waals surface area contributed by atoms with Gasteiger partial charge in [-0.2, -0.15) is 0 Å². The maximum atomic E-state index is 5.99. The number of hydrogen-bond donors (Lipinski definition) is 1. The number of nitrogens with zero attached hydrogens (tertiary/aromatic N) is 2. The number of hydrogen-bond acceptors (Lipinski definition) is 3. The highest BCUT2D eigenvalue weighted by Gasteiger charge is 2.33. The minimum atomic E-state index is -0.0365. The van der Waals surface area contributed by atoms with Gasteiger partial charge in [0.25, 0.3) is 0 Å². The summed E-state index contributed by atoms with van der Waals surface area (Å²) in [4.78, 5) is 4.28. The second-order valence-electron chi connectivity index (χ2n) is 4.65. The largest absolute Gasteiger partial charge is 0.373 e. The maximum absolute atomic E-state index is 5.99. The molecule has 0 spiro atoms. The van der Waals surface area contributed by atoms with Crippen LogP contribution in [0.25, 0.3) is 0 Å². The fourth-order valence-corrected chi connectivity index (χ4v) is 2.42. The van der Waals surface area contributed by atoms with Crippen LogP contribution in [0, 0.1) is 0 Å². The average molecular weight is 223 g/mol. The smallest absolute Gasteiger partial charge is 0.110 e. The van der Waals surface area contributed by atoms with Crippen molar-refractivity contribution < 1.29 is 4.74 Å². The fourth-order valence-electron chi connectivity index (χ4n) is 2.42. The summed E-state index contributed by atoms with van der Waals surface area (Å²) in [6.45, 7) is 1.37. The highest BCUT2D eigenvalue weighted by atomic mass is 16.5. The molecule has 0 unspecified atom stereocenters. The van der Waals surface area contributed by atoms with Crippen LogP contribution in [0.2, 0.25) is 0 Å². The summed E-state index contributed by atoms with van der Waals surface area (Å²) < 4.78 is 8.02. The predicted molar refractivity (Wildman–Crippen MR) is 63.1 cm³/mol. The van der Waals surface area contributed by atoms with Crippen molar-refractivity contribution in [1.82, 2.24) is 9.55 Å². The third-order valence-corrected chi connectivity index (χ3v) is 3.54. The van der Waals surface area contributed by atoms with E-state index >= 15 is 0 Å². The second-order valence-corrected chi connectivity index (χ2v) is 4.65. The molecule has 2 rings (SSSR count). The molecule has 90 valence electrons. The summed E-state index contributed by atoms with van der Waals surface area (Å²) in [6, 6.07) is 0. The van der Waals surface area contributed by atoms with Gasteiger partial charge in [0.2, 0.25) is 0 Å². The first-order valence-electron chi connectivity index (χ1n) is 6.06. The summed E-state index contributed by atoms with van der Waals surface area (Å²) in [5, 5.41) is 0. The fraction of sp³-hybridized carbons (Fsp3) is 0.750. The molecule has 1 aromatic heterocycles. The Bertz CT molecular complexity index is 329. The third kappa shape index (κ3) is 2.44. The van der Waals surface area contributed by atoms with Crippen molar-refractivity contribution >= 4 is 0 Å². The standard InChI is InChI=1S/C12H21N3O/c1-15-8-7-14-11(15)4-9-16-12(10-13)5-2-3-6-12/h7-8H,2-6,9-10,13H2,1H3. The van der Waals surface area contributed by atoms with Crippen LogP contribution in [0.4, 0.5) is 0 Å². The third-order valence-electron chi connectivity index (χ3n) is 3.54.